The second-order valence-corrected chi connectivity index (χ2v) is 8.80. The Labute approximate surface area is 168 Å². The number of anilines is 1. The highest BCUT2D eigenvalue weighted by Crippen LogP contribution is 2.29. The molecule has 9 nitrogen and oxygen atoms in total. The number of nitrogens with zero attached hydrogens (tertiary/aromatic N) is 2. The predicted molar refractivity (Wildman–Crippen MR) is 106 cm³/mol. The molecule has 0 atom stereocenters. The van der Waals surface area contributed by atoms with E-state index in [1.165, 1.54) is 22.5 Å². The van der Waals surface area contributed by atoms with Crippen LogP contribution in [0.4, 0.5) is 11.4 Å². The fourth-order valence-corrected chi connectivity index (χ4v) is 5.01. The summed E-state index contributed by atoms with van der Waals surface area (Å²) in [6, 6.07) is 10.1. The molecular formula is C19H21N3O6S. The zero-order chi connectivity index (χ0) is 21.2. The summed E-state index contributed by atoms with van der Waals surface area (Å²) in [7, 11) is -3.91. The summed E-state index contributed by atoms with van der Waals surface area (Å²) < 4.78 is 27.2. The first-order chi connectivity index (χ1) is 13.7. The molecular weight excluding hydrogens is 398 g/mol. The lowest BCUT2D eigenvalue weighted by Crippen LogP contribution is -2.41. The number of benzene rings is 2. The molecule has 29 heavy (non-hydrogen) atoms. The standard InChI is InChI=1S/C19H21N3O6S/c1-13-6-7-15(22(25)26)12-18(13)29(27,28)21-10-8-14(9-11-21)19(24)20-16-4-2-3-5-17(16)23/h2-7,12,14,23H,8-11H2,1H3,(H,20,24). The van der Waals surface area contributed by atoms with Crippen molar-refractivity contribution in [2.24, 2.45) is 5.92 Å². The third kappa shape index (κ3) is 4.38. The molecule has 2 aromatic carbocycles. The maximum atomic E-state index is 13.0. The molecule has 1 fully saturated rings. The van der Waals surface area contributed by atoms with Gasteiger partial charge in [-0.2, -0.15) is 4.31 Å². The molecule has 0 bridgehead atoms. The maximum absolute atomic E-state index is 13.0. The number of nitro groups is 1. The number of rotatable bonds is 5. The lowest BCUT2D eigenvalue weighted by Gasteiger charge is -2.31. The number of carbonyl (C=O) groups excluding carboxylic acids is 1. The third-order valence-electron chi connectivity index (χ3n) is 4.99. The van der Waals surface area contributed by atoms with Crippen LogP contribution in [-0.2, 0) is 14.8 Å². The molecule has 154 valence electrons. The number of nitro benzene ring substituents is 1. The molecule has 0 spiro atoms. The molecule has 2 aromatic rings. The lowest BCUT2D eigenvalue weighted by molar-refractivity contribution is -0.385. The number of carbonyl (C=O) groups is 1. The third-order valence-corrected chi connectivity index (χ3v) is 7.03. The van der Waals surface area contributed by atoms with Crippen molar-refractivity contribution in [1.82, 2.24) is 4.31 Å². The molecule has 1 saturated heterocycles. The van der Waals surface area contributed by atoms with Crippen molar-refractivity contribution in [2.75, 3.05) is 18.4 Å². The van der Waals surface area contributed by atoms with E-state index in [2.05, 4.69) is 5.32 Å². The van der Waals surface area contributed by atoms with Crippen LogP contribution in [0.2, 0.25) is 0 Å². The van der Waals surface area contributed by atoms with Crippen LogP contribution in [0.1, 0.15) is 18.4 Å². The molecule has 0 aromatic heterocycles. The molecule has 1 aliphatic heterocycles. The van der Waals surface area contributed by atoms with Gasteiger partial charge in [-0.1, -0.05) is 18.2 Å². The van der Waals surface area contributed by atoms with E-state index in [4.69, 9.17) is 0 Å². The van der Waals surface area contributed by atoms with E-state index in [1.54, 1.807) is 25.1 Å². The summed E-state index contributed by atoms with van der Waals surface area (Å²) in [5, 5.41) is 23.4. The Balaban J connectivity index is 1.70. The van der Waals surface area contributed by atoms with Crippen LogP contribution in [0.25, 0.3) is 0 Å². The molecule has 1 aliphatic rings. The quantitative estimate of drug-likeness (QED) is 0.435. The van der Waals surface area contributed by atoms with Crippen molar-refractivity contribution >= 4 is 27.3 Å². The average Bonchev–Trinajstić information content (AvgIpc) is 2.69. The molecule has 0 aliphatic carbocycles. The zero-order valence-electron chi connectivity index (χ0n) is 15.7. The van der Waals surface area contributed by atoms with E-state index in [1.807, 2.05) is 0 Å². The van der Waals surface area contributed by atoms with Crippen molar-refractivity contribution < 1.29 is 23.2 Å². The van der Waals surface area contributed by atoms with Crippen LogP contribution in [0, 0.1) is 23.0 Å². The van der Waals surface area contributed by atoms with Crippen molar-refractivity contribution in [2.45, 2.75) is 24.7 Å². The number of sulfonamides is 1. The van der Waals surface area contributed by atoms with E-state index in [9.17, 15) is 28.4 Å². The normalized spacial score (nSPS) is 15.8. The monoisotopic (exact) mass is 419 g/mol. The molecule has 0 unspecified atom stereocenters. The molecule has 1 heterocycles. The smallest absolute Gasteiger partial charge is 0.270 e. The van der Waals surface area contributed by atoms with Crippen molar-refractivity contribution in [1.29, 1.82) is 0 Å². The van der Waals surface area contributed by atoms with Gasteiger partial charge in [0.25, 0.3) is 5.69 Å². The summed E-state index contributed by atoms with van der Waals surface area (Å²) in [5.41, 5.74) is 0.445. The molecule has 3 rings (SSSR count). The van der Waals surface area contributed by atoms with E-state index in [-0.39, 0.29) is 35.3 Å². The van der Waals surface area contributed by atoms with Crippen LogP contribution >= 0.6 is 0 Å². The lowest BCUT2D eigenvalue weighted by atomic mass is 9.97. The van der Waals surface area contributed by atoms with Gasteiger partial charge in [0, 0.05) is 31.1 Å². The minimum absolute atomic E-state index is 0.0398. The molecule has 2 N–H and O–H groups in total. The van der Waals surface area contributed by atoms with Crippen molar-refractivity contribution in [3.05, 3.63) is 58.1 Å². The first-order valence-corrected chi connectivity index (χ1v) is 10.5. The second kappa shape index (κ2) is 8.18. The highest BCUT2D eigenvalue weighted by atomic mass is 32.2. The van der Waals surface area contributed by atoms with Crippen LogP contribution in [0.5, 0.6) is 5.75 Å². The van der Waals surface area contributed by atoms with Gasteiger partial charge in [0.1, 0.15) is 5.75 Å². The van der Waals surface area contributed by atoms with Gasteiger partial charge in [0.05, 0.1) is 15.5 Å². The Morgan fingerprint density at radius 3 is 2.48 bits per heavy atom. The molecule has 10 heteroatoms. The van der Waals surface area contributed by atoms with Crippen molar-refractivity contribution in [3.8, 4) is 5.75 Å². The largest absolute Gasteiger partial charge is 0.506 e. The highest BCUT2D eigenvalue weighted by Gasteiger charge is 2.33. The number of hydrogen-bond donors (Lipinski definition) is 2. The number of phenols is 1. The van der Waals surface area contributed by atoms with E-state index < -0.39 is 20.9 Å². The minimum atomic E-state index is -3.91. The van der Waals surface area contributed by atoms with Gasteiger partial charge in [0.2, 0.25) is 15.9 Å². The summed E-state index contributed by atoms with van der Waals surface area (Å²) in [4.78, 5) is 22.7. The van der Waals surface area contributed by atoms with Gasteiger partial charge in [-0.05, 0) is 37.5 Å². The summed E-state index contributed by atoms with van der Waals surface area (Å²) in [6.07, 6.45) is 0.624. The fourth-order valence-electron chi connectivity index (χ4n) is 3.29. The van der Waals surface area contributed by atoms with Crippen LogP contribution in [-0.4, -0.2) is 41.7 Å². The Morgan fingerprint density at radius 1 is 1.21 bits per heavy atom. The number of piperidine rings is 1. The van der Waals surface area contributed by atoms with E-state index in [0.717, 1.165) is 6.07 Å². The summed E-state index contributed by atoms with van der Waals surface area (Å²) in [5.74, 6) is -0.718. The minimum Gasteiger partial charge on any atom is -0.506 e. The van der Waals surface area contributed by atoms with Gasteiger partial charge in [0.15, 0.2) is 0 Å². The number of hydrogen-bond acceptors (Lipinski definition) is 6. The summed E-state index contributed by atoms with van der Waals surface area (Å²) in [6.45, 7) is 1.84. The fraction of sp³-hybridized carbons (Fsp3) is 0.316. The Kier molecular flexibility index (Phi) is 5.85. The first kappa shape index (κ1) is 20.7. The number of aromatic hydroxyl groups is 1. The Bertz CT molecular complexity index is 1050. The maximum Gasteiger partial charge on any atom is 0.270 e. The summed E-state index contributed by atoms with van der Waals surface area (Å²) >= 11 is 0. The van der Waals surface area contributed by atoms with Gasteiger partial charge in [-0.3, -0.25) is 14.9 Å². The van der Waals surface area contributed by atoms with Crippen LogP contribution in [0.3, 0.4) is 0 Å². The van der Waals surface area contributed by atoms with E-state index >= 15 is 0 Å². The van der Waals surface area contributed by atoms with Crippen LogP contribution < -0.4 is 5.32 Å². The average molecular weight is 419 g/mol. The number of aryl methyl sites for hydroxylation is 1. The second-order valence-electron chi connectivity index (χ2n) is 6.89. The number of amides is 1. The van der Waals surface area contributed by atoms with Gasteiger partial charge < -0.3 is 10.4 Å². The van der Waals surface area contributed by atoms with Gasteiger partial charge in [-0.25, -0.2) is 8.42 Å². The topological polar surface area (TPSA) is 130 Å². The first-order valence-electron chi connectivity index (χ1n) is 9.04. The van der Waals surface area contributed by atoms with Gasteiger partial charge >= 0.3 is 0 Å². The zero-order valence-corrected chi connectivity index (χ0v) is 16.6. The molecule has 0 radical (unpaired) electrons. The Morgan fingerprint density at radius 2 is 1.86 bits per heavy atom. The number of para-hydroxylation sites is 2. The number of phenolic OH excluding ortho intramolecular Hbond substituents is 1. The van der Waals surface area contributed by atoms with Crippen LogP contribution in [0.15, 0.2) is 47.4 Å². The van der Waals surface area contributed by atoms with E-state index in [0.29, 0.717) is 24.1 Å². The SMILES string of the molecule is Cc1ccc([N+](=O)[O-])cc1S(=O)(=O)N1CCC(C(=O)Nc2ccccc2O)CC1. The predicted octanol–water partition coefficient (Wildman–Crippen LogP) is 2.65. The highest BCUT2D eigenvalue weighted by molar-refractivity contribution is 7.89. The number of non-ortho nitro benzene ring substituents is 1. The molecule has 0 saturated carbocycles. The number of nitrogens with one attached hydrogen (secondary N) is 1. The van der Waals surface area contributed by atoms with Crippen molar-refractivity contribution in [3.63, 3.8) is 0 Å². The molecule has 1 amide bonds. The van der Waals surface area contributed by atoms with Gasteiger partial charge in [-0.15, -0.1) is 0 Å². The Hall–Kier alpha value is -2.98.